The third kappa shape index (κ3) is 21.5. The molecule has 7 heteroatoms. The highest BCUT2D eigenvalue weighted by molar-refractivity contribution is 7.80. The van der Waals surface area contributed by atoms with Gasteiger partial charge in [-0.15, -0.1) is 0 Å². The zero-order valence-corrected chi connectivity index (χ0v) is 18.2. The van der Waals surface area contributed by atoms with Gasteiger partial charge in [0.1, 0.15) is 0 Å². The summed E-state index contributed by atoms with van der Waals surface area (Å²) in [6.45, 7) is 3.88. The van der Waals surface area contributed by atoms with Crippen molar-refractivity contribution in [3.63, 3.8) is 0 Å². The van der Waals surface area contributed by atoms with Crippen LogP contribution in [0.25, 0.3) is 0 Å². The van der Waals surface area contributed by atoms with Gasteiger partial charge in [-0.3, -0.25) is 9.35 Å². The lowest BCUT2D eigenvalue weighted by atomic mass is 10.00. The van der Waals surface area contributed by atoms with Crippen LogP contribution >= 0.6 is 0 Å². The van der Waals surface area contributed by atoms with E-state index in [1.165, 1.54) is 38.5 Å². The molecule has 0 radical (unpaired) electrons. The first-order valence-electron chi connectivity index (χ1n) is 10.7. The Labute approximate surface area is 166 Å². The fourth-order valence-electron chi connectivity index (χ4n) is 3.29. The van der Waals surface area contributed by atoms with Crippen LogP contribution in [0.3, 0.4) is 0 Å². The number of rotatable bonds is 19. The van der Waals surface area contributed by atoms with Crippen LogP contribution in [0.4, 0.5) is 0 Å². The van der Waals surface area contributed by atoms with Crippen LogP contribution in [0, 0.1) is 0 Å². The van der Waals surface area contributed by atoms with Gasteiger partial charge in [0.05, 0.1) is 6.61 Å². The van der Waals surface area contributed by atoms with Gasteiger partial charge in [0, 0.05) is 13.0 Å². The van der Waals surface area contributed by atoms with Gasteiger partial charge in [0.25, 0.3) is 0 Å². The standard InChI is InChI=1S/C20H41NO5S/c1-3-4-5-6-10-13-16-20(21-19(2)22)17-14-11-8-7-9-12-15-18-26-27(23,24)25/h20H,3-18H2,1-2H3,(H,21,22)(H,23,24,25). The van der Waals surface area contributed by atoms with E-state index in [0.29, 0.717) is 12.5 Å². The fourth-order valence-corrected chi connectivity index (χ4v) is 3.62. The van der Waals surface area contributed by atoms with Crippen molar-refractivity contribution in [2.45, 2.75) is 116 Å². The largest absolute Gasteiger partial charge is 0.397 e. The molecular weight excluding hydrogens is 366 g/mol. The molecule has 1 atom stereocenters. The Kier molecular flexibility index (Phi) is 17.0. The maximum atomic E-state index is 11.4. The second-order valence-corrected chi connectivity index (χ2v) is 8.56. The summed E-state index contributed by atoms with van der Waals surface area (Å²) in [5, 5.41) is 3.10. The Hall–Kier alpha value is -0.660. The lowest BCUT2D eigenvalue weighted by Gasteiger charge is -2.17. The number of hydrogen-bond donors (Lipinski definition) is 2. The van der Waals surface area contributed by atoms with Gasteiger partial charge in [-0.2, -0.15) is 8.42 Å². The molecule has 0 aliphatic carbocycles. The number of carbonyl (C=O) groups excluding carboxylic acids is 1. The Morgan fingerprint density at radius 1 is 0.852 bits per heavy atom. The number of carbonyl (C=O) groups is 1. The zero-order chi connectivity index (χ0) is 20.4. The van der Waals surface area contributed by atoms with E-state index in [1.807, 2.05) is 0 Å². The summed E-state index contributed by atoms with van der Waals surface area (Å²) >= 11 is 0. The summed E-state index contributed by atoms with van der Waals surface area (Å²) in [7, 11) is -4.29. The molecule has 0 heterocycles. The van der Waals surface area contributed by atoms with Crippen molar-refractivity contribution in [2.75, 3.05) is 6.61 Å². The minimum atomic E-state index is -4.29. The van der Waals surface area contributed by atoms with E-state index < -0.39 is 10.4 Å². The van der Waals surface area contributed by atoms with Crippen molar-refractivity contribution in [2.24, 2.45) is 0 Å². The first kappa shape index (κ1) is 26.3. The van der Waals surface area contributed by atoms with Crippen LogP contribution in [-0.4, -0.2) is 31.5 Å². The minimum absolute atomic E-state index is 0.0513. The van der Waals surface area contributed by atoms with E-state index >= 15 is 0 Å². The summed E-state index contributed by atoms with van der Waals surface area (Å²) in [6.07, 6.45) is 17.0. The highest BCUT2D eigenvalue weighted by Crippen LogP contribution is 2.14. The molecule has 0 aromatic carbocycles. The van der Waals surface area contributed by atoms with Gasteiger partial charge < -0.3 is 5.32 Å². The second-order valence-electron chi connectivity index (χ2n) is 7.47. The second kappa shape index (κ2) is 17.4. The van der Waals surface area contributed by atoms with Gasteiger partial charge in [-0.05, 0) is 19.3 Å². The molecule has 0 aromatic rings. The Balaban J connectivity index is 3.62. The molecule has 0 saturated carbocycles. The highest BCUT2D eigenvalue weighted by atomic mass is 32.3. The van der Waals surface area contributed by atoms with Crippen molar-refractivity contribution >= 4 is 16.3 Å². The smallest absolute Gasteiger partial charge is 0.354 e. The zero-order valence-electron chi connectivity index (χ0n) is 17.4. The van der Waals surface area contributed by atoms with Gasteiger partial charge in [0.2, 0.25) is 5.91 Å². The molecule has 2 N–H and O–H groups in total. The first-order chi connectivity index (χ1) is 12.8. The van der Waals surface area contributed by atoms with Crippen molar-refractivity contribution in [1.29, 1.82) is 0 Å². The molecule has 1 unspecified atom stereocenters. The summed E-state index contributed by atoms with van der Waals surface area (Å²) in [5.41, 5.74) is 0. The molecule has 6 nitrogen and oxygen atoms in total. The molecular formula is C20H41NO5S. The van der Waals surface area contributed by atoms with Crippen LogP contribution in [0.5, 0.6) is 0 Å². The summed E-state index contributed by atoms with van der Waals surface area (Å²) in [6, 6.07) is 0.311. The molecule has 0 aliphatic heterocycles. The molecule has 162 valence electrons. The summed E-state index contributed by atoms with van der Waals surface area (Å²) in [5.74, 6) is 0.0677. The topological polar surface area (TPSA) is 92.7 Å². The summed E-state index contributed by atoms with van der Waals surface area (Å²) in [4.78, 5) is 11.4. The van der Waals surface area contributed by atoms with Crippen molar-refractivity contribution in [3.05, 3.63) is 0 Å². The van der Waals surface area contributed by atoms with E-state index in [-0.39, 0.29) is 12.5 Å². The Morgan fingerprint density at radius 2 is 1.30 bits per heavy atom. The Morgan fingerprint density at radius 3 is 1.74 bits per heavy atom. The molecule has 0 aromatic heterocycles. The minimum Gasteiger partial charge on any atom is -0.354 e. The lowest BCUT2D eigenvalue weighted by Crippen LogP contribution is -2.32. The average molecular weight is 408 g/mol. The maximum Gasteiger partial charge on any atom is 0.397 e. The molecule has 0 fully saturated rings. The van der Waals surface area contributed by atoms with Crippen LogP contribution in [-0.2, 0) is 19.4 Å². The van der Waals surface area contributed by atoms with Crippen LogP contribution in [0.1, 0.15) is 110 Å². The average Bonchev–Trinajstić information content (AvgIpc) is 2.57. The van der Waals surface area contributed by atoms with Gasteiger partial charge in [-0.25, -0.2) is 4.18 Å². The molecule has 27 heavy (non-hydrogen) atoms. The third-order valence-corrected chi connectivity index (χ3v) is 5.21. The van der Waals surface area contributed by atoms with Crippen molar-refractivity contribution in [3.8, 4) is 0 Å². The SMILES string of the molecule is CCCCCCCCC(CCCCCCCCCOS(=O)(=O)O)NC(C)=O. The molecule has 1 amide bonds. The normalized spacial score (nSPS) is 12.9. The summed E-state index contributed by atoms with van der Waals surface area (Å²) < 4.78 is 33.5. The lowest BCUT2D eigenvalue weighted by molar-refractivity contribution is -0.119. The molecule has 0 aliphatic rings. The van der Waals surface area contributed by atoms with E-state index in [1.54, 1.807) is 6.92 Å². The number of nitrogens with one attached hydrogen (secondary N) is 1. The quantitative estimate of drug-likeness (QED) is 0.227. The molecule has 0 saturated heterocycles. The van der Waals surface area contributed by atoms with Crippen LogP contribution in [0.15, 0.2) is 0 Å². The van der Waals surface area contributed by atoms with Gasteiger partial charge in [-0.1, -0.05) is 84.0 Å². The van der Waals surface area contributed by atoms with Gasteiger partial charge >= 0.3 is 10.4 Å². The number of hydrogen-bond acceptors (Lipinski definition) is 4. The predicted molar refractivity (Wildman–Crippen MR) is 110 cm³/mol. The van der Waals surface area contributed by atoms with E-state index in [0.717, 1.165) is 51.4 Å². The first-order valence-corrected chi connectivity index (χ1v) is 12.1. The van der Waals surface area contributed by atoms with E-state index in [4.69, 9.17) is 4.55 Å². The molecule has 0 spiro atoms. The number of unbranched alkanes of at least 4 members (excludes halogenated alkanes) is 11. The number of amides is 1. The molecule has 0 bridgehead atoms. The predicted octanol–water partition coefficient (Wildman–Crippen LogP) is 5.18. The fraction of sp³-hybridized carbons (Fsp3) is 0.950. The maximum absolute atomic E-state index is 11.4. The van der Waals surface area contributed by atoms with Crippen LogP contribution < -0.4 is 5.32 Å². The monoisotopic (exact) mass is 407 g/mol. The Bertz CT molecular complexity index is 453. The van der Waals surface area contributed by atoms with Crippen molar-refractivity contribution < 1.29 is 21.9 Å². The van der Waals surface area contributed by atoms with E-state index in [9.17, 15) is 13.2 Å². The third-order valence-electron chi connectivity index (χ3n) is 4.74. The highest BCUT2D eigenvalue weighted by Gasteiger charge is 2.09. The van der Waals surface area contributed by atoms with E-state index in [2.05, 4.69) is 16.4 Å². The van der Waals surface area contributed by atoms with Crippen molar-refractivity contribution in [1.82, 2.24) is 5.32 Å². The molecule has 0 rings (SSSR count). The van der Waals surface area contributed by atoms with Crippen LogP contribution in [0.2, 0.25) is 0 Å². The van der Waals surface area contributed by atoms with Gasteiger partial charge in [0.15, 0.2) is 0 Å².